The van der Waals surface area contributed by atoms with Gasteiger partial charge in [0.05, 0.1) is 0 Å². The van der Waals surface area contributed by atoms with Gasteiger partial charge in [0.25, 0.3) is 0 Å². The van der Waals surface area contributed by atoms with Gasteiger partial charge in [-0.3, -0.25) is 9.69 Å². The first-order valence-corrected chi connectivity index (χ1v) is 11.0. The SMILES string of the molecule is O=C(C1CCOCC1)N1CC[C@H]2[C@H](CCCN2C2Cc3ccccc3C2)C1. The van der Waals surface area contributed by atoms with Crippen molar-refractivity contribution in [3.8, 4) is 0 Å². The molecular formula is C23H32N2O2. The molecule has 3 heterocycles. The minimum absolute atomic E-state index is 0.208. The standard InChI is InChI=1S/C23H32N2O2/c26-23(17-8-12-27-13-9-17)24-11-7-22-20(16-24)6-3-10-25(22)21-14-18-4-1-2-5-19(18)15-21/h1-2,4-5,17,20-22H,3,6-16H2/t20-,22+/m1/s1. The summed E-state index contributed by atoms with van der Waals surface area (Å²) in [6, 6.07) is 10.3. The van der Waals surface area contributed by atoms with Gasteiger partial charge < -0.3 is 9.64 Å². The number of rotatable bonds is 2. The molecule has 4 aliphatic rings. The summed E-state index contributed by atoms with van der Waals surface area (Å²) >= 11 is 0. The quantitative estimate of drug-likeness (QED) is 0.805. The van der Waals surface area contributed by atoms with Crippen molar-refractivity contribution in [2.75, 3.05) is 32.8 Å². The summed E-state index contributed by atoms with van der Waals surface area (Å²) in [7, 11) is 0. The molecule has 0 radical (unpaired) electrons. The third-order valence-electron chi connectivity index (χ3n) is 7.49. The molecule has 4 nitrogen and oxygen atoms in total. The maximum atomic E-state index is 13.0. The van der Waals surface area contributed by atoms with E-state index in [0.29, 0.717) is 23.9 Å². The molecule has 0 saturated carbocycles. The highest BCUT2D eigenvalue weighted by Crippen LogP contribution is 2.36. The molecule has 146 valence electrons. The van der Waals surface area contributed by atoms with Crippen LogP contribution in [0.5, 0.6) is 0 Å². The van der Waals surface area contributed by atoms with Gasteiger partial charge in [-0.05, 0) is 68.5 Å². The predicted molar refractivity (Wildman–Crippen MR) is 106 cm³/mol. The fourth-order valence-electron chi connectivity index (χ4n) is 6.07. The maximum absolute atomic E-state index is 13.0. The highest BCUT2D eigenvalue weighted by molar-refractivity contribution is 5.79. The lowest BCUT2D eigenvalue weighted by molar-refractivity contribution is -0.142. The molecule has 1 amide bonds. The third kappa shape index (κ3) is 3.42. The number of ether oxygens (including phenoxy) is 1. The predicted octanol–water partition coefficient (Wildman–Crippen LogP) is 2.89. The van der Waals surface area contributed by atoms with Crippen LogP contribution in [0.4, 0.5) is 0 Å². The van der Waals surface area contributed by atoms with Crippen LogP contribution >= 0.6 is 0 Å². The lowest BCUT2D eigenvalue weighted by Crippen LogP contribution is -2.58. The molecule has 0 unspecified atom stereocenters. The Morgan fingerprint density at radius 3 is 2.44 bits per heavy atom. The van der Waals surface area contributed by atoms with Gasteiger partial charge >= 0.3 is 0 Å². The van der Waals surface area contributed by atoms with Crippen molar-refractivity contribution >= 4 is 5.91 Å². The smallest absolute Gasteiger partial charge is 0.225 e. The van der Waals surface area contributed by atoms with Crippen molar-refractivity contribution in [3.05, 3.63) is 35.4 Å². The molecule has 2 atom stereocenters. The molecule has 0 aromatic heterocycles. The Hall–Kier alpha value is -1.39. The first-order chi connectivity index (χ1) is 13.3. The van der Waals surface area contributed by atoms with Crippen molar-refractivity contribution in [1.29, 1.82) is 0 Å². The second kappa shape index (κ2) is 7.56. The summed E-state index contributed by atoms with van der Waals surface area (Å²) in [5, 5.41) is 0. The summed E-state index contributed by atoms with van der Waals surface area (Å²) in [6.07, 6.45) is 7.98. The van der Waals surface area contributed by atoms with E-state index in [9.17, 15) is 4.79 Å². The van der Waals surface area contributed by atoms with E-state index in [1.165, 1.54) is 32.2 Å². The van der Waals surface area contributed by atoms with Gasteiger partial charge in [-0.15, -0.1) is 0 Å². The normalized spacial score (nSPS) is 30.1. The minimum Gasteiger partial charge on any atom is -0.381 e. The molecule has 27 heavy (non-hydrogen) atoms. The van der Waals surface area contributed by atoms with Gasteiger partial charge in [0.1, 0.15) is 0 Å². The van der Waals surface area contributed by atoms with Crippen LogP contribution in [0.2, 0.25) is 0 Å². The van der Waals surface area contributed by atoms with Gasteiger partial charge in [0, 0.05) is 44.3 Å². The molecule has 0 N–H and O–H groups in total. The van der Waals surface area contributed by atoms with Crippen molar-refractivity contribution in [1.82, 2.24) is 9.80 Å². The van der Waals surface area contributed by atoms with Crippen molar-refractivity contribution in [2.45, 2.75) is 57.0 Å². The number of piperidine rings is 2. The van der Waals surface area contributed by atoms with Crippen LogP contribution in [0.15, 0.2) is 24.3 Å². The molecule has 4 heteroatoms. The monoisotopic (exact) mass is 368 g/mol. The average Bonchev–Trinajstić information content (AvgIpc) is 3.17. The van der Waals surface area contributed by atoms with E-state index in [0.717, 1.165) is 45.6 Å². The number of amides is 1. The minimum atomic E-state index is 0.208. The third-order valence-corrected chi connectivity index (χ3v) is 7.49. The van der Waals surface area contributed by atoms with E-state index in [1.807, 2.05) is 0 Å². The van der Waals surface area contributed by atoms with Crippen LogP contribution in [0.1, 0.15) is 43.2 Å². The lowest BCUT2D eigenvalue weighted by Gasteiger charge is -2.50. The zero-order chi connectivity index (χ0) is 18.2. The van der Waals surface area contributed by atoms with Gasteiger partial charge in [-0.25, -0.2) is 0 Å². The zero-order valence-electron chi connectivity index (χ0n) is 16.3. The van der Waals surface area contributed by atoms with E-state index < -0.39 is 0 Å². The number of hydrogen-bond acceptors (Lipinski definition) is 3. The molecule has 3 aliphatic heterocycles. The molecule has 0 bridgehead atoms. The fraction of sp³-hybridized carbons (Fsp3) is 0.696. The van der Waals surface area contributed by atoms with Crippen LogP contribution in [0.25, 0.3) is 0 Å². The van der Waals surface area contributed by atoms with E-state index >= 15 is 0 Å². The highest BCUT2D eigenvalue weighted by Gasteiger charge is 2.42. The zero-order valence-corrected chi connectivity index (χ0v) is 16.3. The molecule has 1 aliphatic carbocycles. The second-order valence-corrected chi connectivity index (χ2v) is 9.00. The molecule has 3 saturated heterocycles. The molecule has 0 spiro atoms. The number of nitrogens with zero attached hydrogens (tertiary/aromatic N) is 2. The van der Waals surface area contributed by atoms with Gasteiger partial charge in [0.2, 0.25) is 5.91 Å². The van der Waals surface area contributed by atoms with E-state index in [1.54, 1.807) is 11.1 Å². The fourth-order valence-corrected chi connectivity index (χ4v) is 6.07. The van der Waals surface area contributed by atoms with Crippen LogP contribution in [0, 0.1) is 11.8 Å². The first kappa shape index (κ1) is 17.7. The number of hydrogen-bond donors (Lipinski definition) is 0. The summed E-state index contributed by atoms with van der Waals surface area (Å²) in [6.45, 7) is 4.69. The van der Waals surface area contributed by atoms with Gasteiger partial charge in [0.15, 0.2) is 0 Å². The largest absolute Gasteiger partial charge is 0.381 e. The lowest BCUT2D eigenvalue weighted by atomic mass is 9.82. The number of likely N-dealkylation sites (tertiary alicyclic amines) is 2. The van der Waals surface area contributed by atoms with Crippen LogP contribution < -0.4 is 0 Å². The van der Waals surface area contributed by atoms with Crippen molar-refractivity contribution < 1.29 is 9.53 Å². The summed E-state index contributed by atoms with van der Waals surface area (Å²) in [4.78, 5) is 18.0. The van der Waals surface area contributed by atoms with E-state index in [-0.39, 0.29) is 5.92 Å². The van der Waals surface area contributed by atoms with Crippen molar-refractivity contribution in [3.63, 3.8) is 0 Å². The Balaban J connectivity index is 1.24. The number of carbonyl (C=O) groups excluding carboxylic acids is 1. The van der Waals surface area contributed by atoms with Crippen molar-refractivity contribution in [2.24, 2.45) is 11.8 Å². The Morgan fingerprint density at radius 1 is 0.963 bits per heavy atom. The van der Waals surface area contributed by atoms with Crippen LogP contribution in [-0.2, 0) is 22.4 Å². The first-order valence-electron chi connectivity index (χ1n) is 11.0. The van der Waals surface area contributed by atoms with Crippen LogP contribution in [-0.4, -0.2) is 60.6 Å². The van der Waals surface area contributed by atoms with E-state index in [4.69, 9.17) is 4.74 Å². The number of fused-ring (bicyclic) bond motifs is 2. The second-order valence-electron chi connectivity index (χ2n) is 9.00. The molecule has 1 aromatic rings. The topological polar surface area (TPSA) is 32.8 Å². The summed E-state index contributed by atoms with van der Waals surface area (Å²) in [5.41, 5.74) is 3.11. The number of carbonyl (C=O) groups is 1. The number of benzene rings is 1. The van der Waals surface area contributed by atoms with Gasteiger partial charge in [-0.1, -0.05) is 24.3 Å². The van der Waals surface area contributed by atoms with E-state index in [2.05, 4.69) is 34.1 Å². The Morgan fingerprint density at radius 2 is 1.70 bits per heavy atom. The van der Waals surface area contributed by atoms with Crippen LogP contribution in [0.3, 0.4) is 0 Å². The molecule has 1 aromatic carbocycles. The average molecular weight is 369 g/mol. The molecule has 5 rings (SSSR count). The summed E-state index contributed by atoms with van der Waals surface area (Å²) in [5.74, 6) is 1.28. The Bertz CT molecular complexity index is 660. The molecular weight excluding hydrogens is 336 g/mol. The maximum Gasteiger partial charge on any atom is 0.225 e. The van der Waals surface area contributed by atoms with Gasteiger partial charge in [-0.2, -0.15) is 0 Å². The highest BCUT2D eigenvalue weighted by atomic mass is 16.5. The Labute approximate surface area is 162 Å². The molecule has 3 fully saturated rings. The summed E-state index contributed by atoms with van der Waals surface area (Å²) < 4.78 is 5.44. The Kier molecular flexibility index (Phi) is 4.95.